The second-order valence-electron chi connectivity index (χ2n) is 5.86. The molecule has 0 bridgehead atoms. The van der Waals surface area contributed by atoms with Gasteiger partial charge in [0, 0.05) is 11.4 Å². The molecule has 0 aromatic heterocycles. The topological polar surface area (TPSA) is 27.0 Å². The number of benzene rings is 1. The summed E-state index contributed by atoms with van der Waals surface area (Å²) < 4.78 is 0. The van der Waals surface area contributed by atoms with E-state index in [1.807, 2.05) is 24.3 Å². The van der Waals surface area contributed by atoms with Crippen molar-refractivity contribution in [2.45, 2.75) is 38.6 Å². The number of hydrogen-bond acceptors (Lipinski definition) is 2. The van der Waals surface area contributed by atoms with Gasteiger partial charge in [-0.2, -0.15) is 5.26 Å². The molecule has 1 aromatic rings. The molecule has 2 nitrogen and oxygen atoms in total. The third kappa shape index (κ3) is 3.49. The zero-order valence-corrected chi connectivity index (χ0v) is 12.5. The number of hydrogen-bond donors (Lipinski definition) is 0. The minimum absolute atomic E-state index is 0.409. The zero-order chi connectivity index (χ0) is 13.9. The third-order valence-corrected chi connectivity index (χ3v) is 4.44. The highest BCUT2D eigenvalue weighted by Gasteiger charge is 2.34. The van der Waals surface area contributed by atoms with Gasteiger partial charge in [-0.25, -0.2) is 0 Å². The van der Waals surface area contributed by atoms with Crippen LogP contribution in [0.2, 0.25) is 5.02 Å². The fraction of sp³-hybridized carbons (Fsp3) is 0.562. The van der Waals surface area contributed by atoms with Crippen LogP contribution in [-0.2, 0) is 6.42 Å². The predicted molar refractivity (Wildman–Crippen MR) is 79.1 cm³/mol. The van der Waals surface area contributed by atoms with Crippen LogP contribution in [-0.4, -0.2) is 23.5 Å². The maximum atomic E-state index is 9.60. The molecule has 102 valence electrons. The van der Waals surface area contributed by atoms with Crippen molar-refractivity contribution in [3.8, 4) is 6.07 Å². The fourth-order valence-electron chi connectivity index (χ4n) is 2.72. The van der Waals surface area contributed by atoms with E-state index < -0.39 is 5.54 Å². The van der Waals surface area contributed by atoms with E-state index in [0.717, 1.165) is 30.5 Å². The molecule has 1 aromatic carbocycles. The second kappa shape index (κ2) is 5.94. The van der Waals surface area contributed by atoms with Crippen molar-refractivity contribution < 1.29 is 0 Å². The summed E-state index contributed by atoms with van der Waals surface area (Å²) in [7, 11) is 0. The number of likely N-dealkylation sites (tertiary alicyclic amines) is 1. The van der Waals surface area contributed by atoms with E-state index in [1.54, 1.807) is 0 Å². The minimum atomic E-state index is -0.409. The molecule has 1 atom stereocenters. The molecular weight excluding hydrogens is 256 g/mol. The molecule has 0 N–H and O–H groups in total. The first-order valence-electron chi connectivity index (χ1n) is 6.94. The van der Waals surface area contributed by atoms with Crippen molar-refractivity contribution in [3.05, 3.63) is 34.9 Å². The Bertz CT molecular complexity index is 455. The summed E-state index contributed by atoms with van der Waals surface area (Å²) in [5.74, 6) is 0.787. The second-order valence-corrected chi connectivity index (χ2v) is 6.29. The third-order valence-electron chi connectivity index (χ3n) is 4.18. The van der Waals surface area contributed by atoms with Gasteiger partial charge in [-0.05, 0) is 56.5 Å². The molecular formula is C16H21ClN2. The van der Waals surface area contributed by atoms with Crippen LogP contribution in [0.15, 0.2) is 24.3 Å². The Morgan fingerprint density at radius 1 is 1.32 bits per heavy atom. The van der Waals surface area contributed by atoms with E-state index in [1.165, 1.54) is 18.4 Å². The lowest BCUT2D eigenvalue weighted by Gasteiger charge is -2.40. The van der Waals surface area contributed by atoms with Gasteiger partial charge in [-0.1, -0.05) is 30.7 Å². The van der Waals surface area contributed by atoms with E-state index in [0.29, 0.717) is 0 Å². The Kier molecular flexibility index (Phi) is 4.50. The SMILES string of the molecule is CC1CCN(C(C)(C#N)Cc2ccc(Cl)cc2)CC1. The van der Waals surface area contributed by atoms with E-state index in [-0.39, 0.29) is 0 Å². The summed E-state index contributed by atoms with van der Waals surface area (Å²) in [6.45, 7) is 6.40. The Hall–Kier alpha value is -1.04. The molecule has 1 aliphatic heterocycles. The van der Waals surface area contributed by atoms with Gasteiger partial charge in [0.05, 0.1) is 6.07 Å². The minimum Gasteiger partial charge on any atom is -0.285 e. The summed E-state index contributed by atoms with van der Waals surface area (Å²) in [5, 5.41) is 10.3. The number of rotatable bonds is 3. The monoisotopic (exact) mass is 276 g/mol. The first-order valence-corrected chi connectivity index (χ1v) is 7.32. The van der Waals surface area contributed by atoms with Crippen LogP contribution in [0.25, 0.3) is 0 Å². The summed E-state index contributed by atoms with van der Waals surface area (Å²) in [5.41, 5.74) is 0.764. The molecule has 0 saturated carbocycles. The Balaban J connectivity index is 2.09. The maximum Gasteiger partial charge on any atom is 0.110 e. The first kappa shape index (κ1) is 14.4. The van der Waals surface area contributed by atoms with Gasteiger partial charge >= 0.3 is 0 Å². The van der Waals surface area contributed by atoms with E-state index in [4.69, 9.17) is 11.6 Å². The average molecular weight is 277 g/mol. The van der Waals surface area contributed by atoms with Crippen molar-refractivity contribution in [3.63, 3.8) is 0 Å². The van der Waals surface area contributed by atoms with Gasteiger partial charge in [0.15, 0.2) is 0 Å². The number of nitrogens with zero attached hydrogens (tertiary/aromatic N) is 2. The molecule has 0 radical (unpaired) electrons. The predicted octanol–water partition coefficient (Wildman–Crippen LogP) is 3.90. The van der Waals surface area contributed by atoms with Crippen molar-refractivity contribution >= 4 is 11.6 Å². The number of nitriles is 1. The lowest BCUT2D eigenvalue weighted by molar-refractivity contribution is 0.103. The van der Waals surface area contributed by atoms with Crippen LogP contribution >= 0.6 is 11.6 Å². The van der Waals surface area contributed by atoms with Crippen LogP contribution in [0.1, 0.15) is 32.3 Å². The molecule has 1 fully saturated rings. The molecule has 0 amide bonds. The van der Waals surface area contributed by atoms with Gasteiger partial charge in [0.2, 0.25) is 0 Å². The van der Waals surface area contributed by atoms with Gasteiger partial charge in [-0.3, -0.25) is 4.90 Å². The molecule has 1 unspecified atom stereocenters. The lowest BCUT2D eigenvalue weighted by atomic mass is 9.88. The number of halogens is 1. The summed E-state index contributed by atoms with van der Waals surface area (Å²) >= 11 is 5.91. The molecule has 1 heterocycles. The molecule has 19 heavy (non-hydrogen) atoms. The molecule has 1 saturated heterocycles. The van der Waals surface area contributed by atoms with Crippen LogP contribution in [0.3, 0.4) is 0 Å². The van der Waals surface area contributed by atoms with Crippen LogP contribution in [0, 0.1) is 17.2 Å². The highest BCUT2D eigenvalue weighted by Crippen LogP contribution is 2.27. The summed E-state index contributed by atoms with van der Waals surface area (Å²) in [6, 6.07) is 10.3. The first-order chi connectivity index (χ1) is 9.03. The Labute approximate surface area is 121 Å². The molecule has 0 aliphatic carbocycles. The van der Waals surface area contributed by atoms with E-state index in [2.05, 4.69) is 24.8 Å². The van der Waals surface area contributed by atoms with Crippen molar-refractivity contribution in [2.24, 2.45) is 5.92 Å². The highest BCUT2D eigenvalue weighted by atomic mass is 35.5. The smallest absolute Gasteiger partial charge is 0.110 e. The van der Waals surface area contributed by atoms with Gasteiger partial charge < -0.3 is 0 Å². The molecule has 0 spiro atoms. The molecule has 2 rings (SSSR count). The largest absolute Gasteiger partial charge is 0.285 e. The van der Waals surface area contributed by atoms with Crippen LogP contribution in [0.5, 0.6) is 0 Å². The van der Waals surface area contributed by atoms with Crippen molar-refractivity contribution in [1.29, 1.82) is 5.26 Å². The van der Waals surface area contributed by atoms with E-state index >= 15 is 0 Å². The van der Waals surface area contributed by atoms with Gasteiger partial charge in [0.25, 0.3) is 0 Å². The Morgan fingerprint density at radius 2 is 1.89 bits per heavy atom. The highest BCUT2D eigenvalue weighted by molar-refractivity contribution is 6.30. The zero-order valence-electron chi connectivity index (χ0n) is 11.7. The van der Waals surface area contributed by atoms with Gasteiger partial charge in [-0.15, -0.1) is 0 Å². The standard InChI is InChI=1S/C16H21ClN2/c1-13-7-9-19(10-8-13)16(2,12-18)11-14-3-5-15(17)6-4-14/h3-6,13H,7-11H2,1-2H3. The summed E-state index contributed by atoms with van der Waals surface area (Å²) in [6.07, 6.45) is 3.14. The van der Waals surface area contributed by atoms with Crippen LogP contribution in [0.4, 0.5) is 0 Å². The van der Waals surface area contributed by atoms with Crippen molar-refractivity contribution in [1.82, 2.24) is 4.90 Å². The molecule has 1 aliphatic rings. The normalized spacial score (nSPS) is 20.7. The lowest BCUT2D eigenvalue weighted by Crippen LogP contribution is -2.50. The maximum absolute atomic E-state index is 9.60. The quantitative estimate of drug-likeness (QED) is 0.837. The van der Waals surface area contributed by atoms with Crippen molar-refractivity contribution in [2.75, 3.05) is 13.1 Å². The fourth-order valence-corrected chi connectivity index (χ4v) is 2.85. The van der Waals surface area contributed by atoms with E-state index in [9.17, 15) is 5.26 Å². The van der Waals surface area contributed by atoms with Crippen LogP contribution < -0.4 is 0 Å². The Morgan fingerprint density at radius 3 is 2.42 bits per heavy atom. The average Bonchev–Trinajstić information content (AvgIpc) is 2.42. The number of piperidine rings is 1. The van der Waals surface area contributed by atoms with Gasteiger partial charge in [0.1, 0.15) is 5.54 Å². The molecule has 3 heteroatoms. The summed E-state index contributed by atoms with van der Waals surface area (Å²) in [4.78, 5) is 2.33.